The molecule has 1 fully saturated rings. The van der Waals surface area contributed by atoms with E-state index in [1.807, 2.05) is 36.4 Å². The van der Waals surface area contributed by atoms with E-state index in [1.165, 1.54) is 16.3 Å². The molecule has 5 heteroatoms. The Morgan fingerprint density at radius 3 is 2.58 bits per heavy atom. The molecule has 3 aromatic rings. The van der Waals surface area contributed by atoms with E-state index in [4.69, 9.17) is 4.74 Å². The average molecular weight is 347 g/mol. The third kappa shape index (κ3) is 3.27. The van der Waals surface area contributed by atoms with E-state index in [1.54, 1.807) is 7.11 Å². The predicted molar refractivity (Wildman–Crippen MR) is 103 cm³/mol. The lowest BCUT2D eigenvalue weighted by atomic mass is 9.96. The Hall–Kier alpha value is -2.89. The second-order valence-electron chi connectivity index (χ2n) is 6.42. The van der Waals surface area contributed by atoms with Gasteiger partial charge in [0.05, 0.1) is 7.11 Å². The number of methoxy groups -OCH3 is 1. The summed E-state index contributed by atoms with van der Waals surface area (Å²) in [5.41, 5.74) is 8.35. The summed E-state index contributed by atoms with van der Waals surface area (Å²) >= 11 is 0. The molecule has 0 bridgehead atoms. The van der Waals surface area contributed by atoms with Gasteiger partial charge in [0.2, 0.25) is 5.91 Å². The van der Waals surface area contributed by atoms with Crippen LogP contribution in [0.1, 0.15) is 18.0 Å². The van der Waals surface area contributed by atoms with Gasteiger partial charge < -0.3 is 10.1 Å². The molecule has 2 unspecified atom stereocenters. The van der Waals surface area contributed by atoms with Crippen molar-refractivity contribution in [2.45, 2.75) is 18.5 Å². The Labute approximate surface area is 152 Å². The van der Waals surface area contributed by atoms with E-state index < -0.39 is 0 Å². The maximum atomic E-state index is 12.6. The normalized spacial score (nSPS) is 19.4. The van der Waals surface area contributed by atoms with Crippen molar-refractivity contribution in [1.82, 2.24) is 10.9 Å². The summed E-state index contributed by atoms with van der Waals surface area (Å²) in [7, 11) is 1.62. The maximum absolute atomic E-state index is 12.6. The van der Waals surface area contributed by atoms with Crippen LogP contribution in [-0.4, -0.2) is 19.1 Å². The van der Waals surface area contributed by atoms with Crippen LogP contribution < -0.4 is 20.9 Å². The van der Waals surface area contributed by atoms with Crippen molar-refractivity contribution in [3.63, 3.8) is 0 Å². The van der Waals surface area contributed by atoms with Gasteiger partial charge in [-0.05, 0) is 47.0 Å². The number of fused-ring (bicyclic) bond motifs is 1. The smallest absolute Gasteiger partial charge is 0.242 e. The minimum Gasteiger partial charge on any atom is -0.497 e. The summed E-state index contributed by atoms with van der Waals surface area (Å²) in [5.74, 6) is 0.713. The van der Waals surface area contributed by atoms with Gasteiger partial charge in [-0.15, -0.1) is 0 Å². The second kappa shape index (κ2) is 7.15. The molecule has 3 aromatic carbocycles. The van der Waals surface area contributed by atoms with E-state index in [0.29, 0.717) is 6.42 Å². The van der Waals surface area contributed by atoms with Gasteiger partial charge in [0.15, 0.2) is 0 Å². The third-order valence-corrected chi connectivity index (χ3v) is 4.78. The topological polar surface area (TPSA) is 62.4 Å². The Bertz CT molecular complexity index is 919. The van der Waals surface area contributed by atoms with Gasteiger partial charge >= 0.3 is 0 Å². The number of hydrazine groups is 1. The first-order valence-electron chi connectivity index (χ1n) is 8.68. The fourth-order valence-corrected chi connectivity index (χ4v) is 3.39. The average Bonchev–Trinajstić information content (AvgIpc) is 3.18. The summed E-state index contributed by atoms with van der Waals surface area (Å²) in [6.45, 7) is 0. The molecule has 1 aliphatic heterocycles. The number of benzene rings is 3. The molecule has 0 saturated carbocycles. The first kappa shape index (κ1) is 16.6. The van der Waals surface area contributed by atoms with Crippen molar-refractivity contribution in [2.75, 3.05) is 12.4 Å². The standard InChI is InChI=1S/C21H21N3O2/c1-26-16-11-9-15(10-12-16)22-21(25)20-13-19(23-24-20)18-8-4-6-14-5-2-3-7-17(14)18/h2-12,19-20,23-24H,13H2,1H3,(H,22,25). The zero-order valence-corrected chi connectivity index (χ0v) is 14.5. The Kier molecular flexibility index (Phi) is 4.56. The summed E-state index contributed by atoms with van der Waals surface area (Å²) in [5, 5.41) is 5.37. The van der Waals surface area contributed by atoms with Crippen LogP contribution >= 0.6 is 0 Å². The number of carbonyl (C=O) groups is 1. The highest BCUT2D eigenvalue weighted by Gasteiger charge is 2.30. The molecular formula is C21H21N3O2. The molecule has 1 aliphatic rings. The van der Waals surface area contributed by atoms with Crippen molar-refractivity contribution in [2.24, 2.45) is 0 Å². The molecular weight excluding hydrogens is 326 g/mol. The predicted octanol–water partition coefficient (Wildman–Crippen LogP) is 3.39. The molecule has 0 aromatic heterocycles. The van der Waals surface area contributed by atoms with E-state index in [9.17, 15) is 4.79 Å². The number of hydrogen-bond acceptors (Lipinski definition) is 4. The van der Waals surface area contributed by atoms with Crippen molar-refractivity contribution >= 4 is 22.4 Å². The van der Waals surface area contributed by atoms with Crippen molar-refractivity contribution < 1.29 is 9.53 Å². The maximum Gasteiger partial charge on any atom is 0.242 e. The van der Waals surface area contributed by atoms with Crippen LogP contribution in [0.15, 0.2) is 66.7 Å². The number of ether oxygens (including phenoxy) is 1. The van der Waals surface area contributed by atoms with Gasteiger partial charge in [0.1, 0.15) is 11.8 Å². The summed E-state index contributed by atoms with van der Waals surface area (Å²) in [6, 6.07) is 21.7. The molecule has 0 radical (unpaired) electrons. The Morgan fingerprint density at radius 1 is 1.00 bits per heavy atom. The fourth-order valence-electron chi connectivity index (χ4n) is 3.39. The van der Waals surface area contributed by atoms with E-state index in [-0.39, 0.29) is 18.0 Å². The van der Waals surface area contributed by atoms with Crippen molar-refractivity contribution in [3.8, 4) is 5.75 Å². The minimum absolute atomic E-state index is 0.0506. The van der Waals surface area contributed by atoms with Gasteiger partial charge in [-0.2, -0.15) is 0 Å². The van der Waals surface area contributed by atoms with Crippen LogP contribution in [0.25, 0.3) is 10.8 Å². The number of anilines is 1. The van der Waals surface area contributed by atoms with E-state index in [2.05, 4.69) is 46.5 Å². The van der Waals surface area contributed by atoms with Crippen LogP contribution in [0.3, 0.4) is 0 Å². The number of nitrogens with one attached hydrogen (secondary N) is 3. The molecule has 0 spiro atoms. The SMILES string of the molecule is COc1ccc(NC(=O)C2CC(c3cccc4ccccc34)NN2)cc1. The first-order valence-corrected chi connectivity index (χ1v) is 8.68. The van der Waals surface area contributed by atoms with E-state index in [0.717, 1.165) is 11.4 Å². The highest BCUT2D eigenvalue weighted by molar-refractivity contribution is 5.95. The number of hydrogen-bond donors (Lipinski definition) is 3. The minimum atomic E-state index is -0.291. The van der Waals surface area contributed by atoms with Crippen LogP contribution in [0.2, 0.25) is 0 Å². The Balaban J connectivity index is 1.46. The lowest BCUT2D eigenvalue weighted by Crippen LogP contribution is -2.39. The van der Waals surface area contributed by atoms with Gasteiger partial charge in [0.25, 0.3) is 0 Å². The van der Waals surface area contributed by atoms with Gasteiger partial charge in [-0.3, -0.25) is 4.79 Å². The third-order valence-electron chi connectivity index (χ3n) is 4.78. The molecule has 1 saturated heterocycles. The highest BCUT2D eigenvalue weighted by Crippen LogP contribution is 2.29. The molecule has 1 heterocycles. The molecule has 2 atom stereocenters. The number of amides is 1. The van der Waals surface area contributed by atoms with Crippen LogP contribution in [0.4, 0.5) is 5.69 Å². The fraction of sp³-hybridized carbons (Fsp3) is 0.190. The molecule has 3 N–H and O–H groups in total. The quantitative estimate of drug-likeness (QED) is 0.677. The van der Waals surface area contributed by atoms with Crippen molar-refractivity contribution in [3.05, 3.63) is 72.3 Å². The lowest BCUT2D eigenvalue weighted by molar-refractivity contribution is -0.117. The molecule has 0 aliphatic carbocycles. The summed E-state index contributed by atoms with van der Waals surface area (Å²) < 4.78 is 5.14. The van der Waals surface area contributed by atoms with Crippen LogP contribution in [0.5, 0.6) is 5.75 Å². The molecule has 132 valence electrons. The van der Waals surface area contributed by atoms with Crippen LogP contribution in [0, 0.1) is 0 Å². The first-order chi connectivity index (χ1) is 12.7. The highest BCUT2D eigenvalue weighted by atomic mass is 16.5. The Morgan fingerprint density at radius 2 is 1.77 bits per heavy atom. The zero-order valence-electron chi connectivity index (χ0n) is 14.5. The summed E-state index contributed by atoms with van der Waals surface area (Å²) in [4.78, 5) is 12.6. The molecule has 4 rings (SSSR count). The van der Waals surface area contributed by atoms with Gasteiger partial charge in [0, 0.05) is 11.7 Å². The molecule has 5 nitrogen and oxygen atoms in total. The largest absolute Gasteiger partial charge is 0.497 e. The van der Waals surface area contributed by atoms with Gasteiger partial charge in [-0.25, -0.2) is 10.9 Å². The number of carbonyl (C=O) groups excluding carboxylic acids is 1. The second-order valence-corrected chi connectivity index (χ2v) is 6.42. The van der Waals surface area contributed by atoms with E-state index >= 15 is 0 Å². The molecule has 1 amide bonds. The van der Waals surface area contributed by atoms with Gasteiger partial charge in [-0.1, -0.05) is 42.5 Å². The van der Waals surface area contributed by atoms with Crippen molar-refractivity contribution in [1.29, 1.82) is 0 Å². The summed E-state index contributed by atoms with van der Waals surface area (Å²) in [6.07, 6.45) is 0.690. The molecule has 26 heavy (non-hydrogen) atoms. The lowest BCUT2D eigenvalue weighted by Gasteiger charge is -2.13. The zero-order chi connectivity index (χ0) is 17.9. The van der Waals surface area contributed by atoms with Crippen LogP contribution in [-0.2, 0) is 4.79 Å². The monoisotopic (exact) mass is 347 g/mol. The number of rotatable bonds is 4.